The van der Waals surface area contributed by atoms with Crippen LogP contribution in [-0.2, 0) is 6.42 Å². The molecule has 20 heavy (non-hydrogen) atoms. The van der Waals surface area contributed by atoms with Crippen LogP contribution in [0.25, 0.3) is 10.8 Å². The second kappa shape index (κ2) is 5.35. The Kier molecular flexibility index (Phi) is 3.55. The summed E-state index contributed by atoms with van der Waals surface area (Å²) >= 11 is 1.71. The summed E-state index contributed by atoms with van der Waals surface area (Å²) in [5.74, 6) is 0. The molecule has 102 valence electrons. The zero-order valence-corrected chi connectivity index (χ0v) is 12.6. The van der Waals surface area contributed by atoms with E-state index in [1.54, 1.807) is 11.3 Å². The molecule has 0 aliphatic rings. The molecule has 0 spiro atoms. The normalized spacial score (nSPS) is 12.8. The summed E-state index contributed by atoms with van der Waals surface area (Å²) in [6.45, 7) is 4.25. The molecule has 0 radical (unpaired) electrons. The quantitative estimate of drug-likeness (QED) is 0.781. The molecule has 0 amide bonds. The molecule has 0 saturated heterocycles. The lowest BCUT2D eigenvalue weighted by molar-refractivity contribution is 0.846. The summed E-state index contributed by atoms with van der Waals surface area (Å²) in [7, 11) is 0. The van der Waals surface area contributed by atoms with Crippen molar-refractivity contribution in [3.05, 3.63) is 63.6 Å². The number of fused-ring (bicyclic) bond motifs is 1. The van der Waals surface area contributed by atoms with E-state index >= 15 is 0 Å². The van der Waals surface area contributed by atoms with Gasteiger partial charge in [0.05, 0.1) is 11.7 Å². The van der Waals surface area contributed by atoms with Gasteiger partial charge in [-0.15, -0.1) is 11.3 Å². The van der Waals surface area contributed by atoms with Crippen LogP contribution in [0.4, 0.5) is 0 Å². The van der Waals surface area contributed by atoms with Gasteiger partial charge in [-0.1, -0.05) is 43.3 Å². The molecule has 1 heterocycles. The Labute approximate surface area is 123 Å². The zero-order chi connectivity index (χ0) is 14.1. The molecular formula is C17H18N2S. The van der Waals surface area contributed by atoms with E-state index in [-0.39, 0.29) is 6.04 Å². The molecule has 0 aliphatic carbocycles. The highest BCUT2D eigenvalue weighted by Gasteiger charge is 2.15. The van der Waals surface area contributed by atoms with Crippen molar-refractivity contribution in [3.8, 4) is 0 Å². The summed E-state index contributed by atoms with van der Waals surface area (Å²) in [4.78, 5) is 5.95. The Morgan fingerprint density at radius 3 is 2.60 bits per heavy atom. The predicted molar refractivity (Wildman–Crippen MR) is 86.2 cm³/mol. The van der Waals surface area contributed by atoms with Crippen molar-refractivity contribution < 1.29 is 0 Å². The van der Waals surface area contributed by atoms with Crippen molar-refractivity contribution >= 4 is 22.1 Å². The van der Waals surface area contributed by atoms with E-state index in [1.165, 1.54) is 21.3 Å². The fourth-order valence-corrected chi connectivity index (χ4v) is 3.50. The molecule has 0 fully saturated rings. The number of hydrogen-bond donors (Lipinski definition) is 1. The van der Waals surface area contributed by atoms with Crippen molar-refractivity contribution in [2.75, 3.05) is 0 Å². The number of aryl methyl sites for hydroxylation is 2. The van der Waals surface area contributed by atoms with Crippen LogP contribution in [0.5, 0.6) is 0 Å². The van der Waals surface area contributed by atoms with Crippen LogP contribution >= 0.6 is 11.3 Å². The van der Waals surface area contributed by atoms with Crippen molar-refractivity contribution in [1.82, 2.24) is 4.98 Å². The zero-order valence-electron chi connectivity index (χ0n) is 11.8. The molecule has 1 aromatic heterocycles. The van der Waals surface area contributed by atoms with Gasteiger partial charge in [-0.25, -0.2) is 4.98 Å². The molecular weight excluding hydrogens is 264 g/mol. The van der Waals surface area contributed by atoms with E-state index in [0.29, 0.717) is 0 Å². The number of nitrogens with zero attached hydrogens (tertiary/aromatic N) is 1. The number of thiazole rings is 1. The topological polar surface area (TPSA) is 38.9 Å². The first-order valence-electron chi connectivity index (χ1n) is 6.89. The lowest BCUT2D eigenvalue weighted by atomic mass is 10.0. The third-order valence-corrected chi connectivity index (χ3v) is 4.74. The Hall–Kier alpha value is -1.71. The van der Waals surface area contributed by atoms with E-state index in [9.17, 15) is 0 Å². The first-order valence-corrected chi connectivity index (χ1v) is 7.71. The maximum absolute atomic E-state index is 6.39. The molecule has 2 aromatic carbocycles. The van der Waals surface area contributed by atoms with Gasteiger partial charge in [-0.3, -0.25) is 0 Å². The second-order valence-electron chi connectivity index (χ2n) is 4.99. The molecule has 0 bridgehead atoms. The number of rotatable bonds is 3. The summed E-state index contributed by atoms with van der Waals surface area (Å²) < 4.78 is 0. The van der Waals surface area contributed by atoms with E-state index < -0.39 is 0 Å². The van der Waals surface area contributed by atoms with E-state index in [1.807, 2.05) is 0 Å². The van der Waals surface area contributed by atoms with Crippen molar-refractivity contribution in [2.24, 2.45) is 5.73 Å². The highest BCUT2D eigenvalue weighted by Crippen LogP contribution is 2.28. The lowest BCUT2D eigenvalue weighted by Gasteiger charge is -2.10. The highest BCUT2D eigenvalue weighted by molar-refractivity contribution is 7.11. The van der Waals surface area contributed by atoms with E-state index in [2.05, 4.69) is 61.3 Å². The van der Waals surface area contributed by atoms with Crippen LogP contribution in [0.3, 0.4) is 0 Å². The Morgan fingerprint density at radius 1 is 1.15 bits per heavy atom. The molecule has 1 atom stereocenters. The van der Waals surface area contributed by atoms with Gasteiger partial charge < -0.3 is 5.73 Å². The molecule has 2 nitrogen and oxygen atoms in total. The van der Waals surface area contributed by atoms with Crippen molar-refractivity contribution in [3.63, 3.8) is 0 Å². The van der Waals surface area contributed by atoms with Crippen LogP contribution in [0.2, 0.25) is 0 Å². The van der Waals surface area contributed by atoms with Crippen LogP contribution in [0, 0.1) is 6.92 Å². The molecule has 0 aliphatic heterocycles. The summed E-state index contributed by atoms with van der Waals surface area (Å²) in [5.41, 5.74) is 8.69. The maximum atomic E-state index is 6.39. The van der Waals surface area contributed by atoms with Gasteiger partial charge in [0.15, 0.2) is 0 Å². The standard InChI is InChI=1S/C17H18N2S/c1-3-15-11(2)20-17(19-15)16(18)14-9-8-12-6-4-5-7-13(12)10-14/h4-10,16H,3,18H2,1-2H3. The fourth-order valence-electron chi connectivity index (χ4n) is 2.46. The largest absolute Gasteiger partial charge is 0.318 e. The number of aromatic nitrogens is 1. The average molecular weight is 282 g/mol. The fraction of sp³-hybridized carbons (Fsp3) is 0.235. The predicted octanol–water partition coefficient (Wildman–Crippen LogP) is 4.22. The van der Waals surface area contributed by atoms with E-state index in [4.69, 9.17) is 5.73 Å². The van der Waals surface area contributed by atoms with Gasteiger partial charge in [0, 0.05) is 4.88 Å². The molecule has 0 saturated carbocycles. The van der Waals surface area contributed by atoms with Crippen molar-refractivity contribution in [2.45, 2.75) is 26.3 Å². The molecule has 3 rings (SSSR count). The van der Waals surface area contributed by atoms with E-state index in [0.717, 1.165) is 17.0 Å². The monoisotopic (exact) mass is 282 g/mol. The van der Waals surface area contributed by atoms with Crippen molar-refractivity contribution in [1.29, 1.82) is 0 Å². The Bertz CT molecular complexity index is 746. The van der Waals surface area contributed by atoms with Crippen LogP contribution in [0.1, 0.15) is 34.1 Å². The van der Waals surface area contributed by atoms with Gasteiger partial charge >= 0.3 is 0 Å². The molecule has 3 heteroatoms. The molecule has 2 N–H and O–H groups in total. The summed E-state index contributed by atoms with van der Waals surface area (Å²) in [6.07, 6.45) is 0.965. The number of nitrogens with two attached hydrogens (primary N) is 1. The number of hydrogen-bond acceptors (Lipinski definition) is 3. The maximum Gasteiger partial charge on any atom is 0.114 e. The summed E-state index contributed by atoms with van der Waals surface area (Å²) in [6, 6.07) is 14.6. The van der Waals surface area contributed by atoms with Gasteiger partial charge in [0.2, 0.25) is 0 Å². The lowest BCUT2D eigenvalue weighted by Crippen LogP contribution is -2.11. The SMILES string of the molecule is CCc1nc(C(N)c2ccc3ccccc3c2)sc1C. The minimum absolute atomic E-state index is 0.136. The first kappa shape index (κ1) is 13.3. The van der Waals surface area contributed by atoms with Crippen LogP contribution < -0.4 is 5.73 Å². The highest BCUT2D eigenvalue weighted by atomic mass is 32.1. The Morgan fingerprint density at radius 2 is 1.90 bits per heavy atom. The van der Waals surface area contributed by atoms with Gasteiger partial charge in [-0.05, 0) is 35.7 Å². The third-order valence-electron chi connectivity index (χ3n) is 3.64. The average Bonchev–Trinajstić information content (AvgIpc) is 2.87. The molecule has 1 unspecified atom stereocenters. The Balaban J connectivity index is 2.00. The first-order chi connectivity index (χ1) is 9.69. The van der Waals surface area contributed by atoms with Gasteiger partial charge in [0.1, 0.15) is 5.01 Å². The summed E-state index contributed by atoms with van der Waals surface area (Å²) in [5, 5.41) is 3.48. The minimum atomic E-state index is -0.136. The number of benzene rings is 2. The minimum Gasteiger partial charge on any atom is -0.318 e. The second-order valence-corrected chi connectivity index (χ2v) is 6.23. The van der Waals surface area contributed by atoms with Crippen LogP contribution in [-0.4, -0.2) is 4.98 Å². The van der Waals surface area contributed by atoms with Gasteiger partial charge in [0.25, 0.3) is 0 Å². The molecule has 3 aromatic rings. The third kappa shape index (κ3) is 2.35. The smallest absolute Gasteiger partial charge is 0.114 e. The van der Waals surface area contributed by atoms with Crippen LogP contribution in [0.15, 0.2) is 42.5 Å². The van der Waals surface area contributed by atoms with Gasteiger partial charge in [-0.2, -0.15) is 0 Å².